The summed E-state index contributed by atoms with van der Waals surface area (Å²) >= 11 is 0. The molecule has 3 nitrogen and oxygen atoms in total. The Labute approximate surface area is 86.4 Å². The van der Waals surface area contributed by atoms with Gasteiger partial charge in [-0.2, -0.15) is 0 Å². The summed E-state index contributed by atoms with van der Waals surface area (Å²) in [6, 6.07) is 0. The summed E-state index contributed by atoms with van der Waals surface area (Å²) in [5.74, 6) is 0.264. The van der Waals surface area contributed by atoms with Crippen LogP contribution in [0.1, 0.15) is 33.1 Å². The lowest BCUT2D eigenvalue weighted by molar-refractivity contribution is -0.172. The lowest BCUT2D eigenvalue weighted by Gasteiger charge is -2.41. The third kappa shape index (κ3) is 2.08. The van der Waals surface area contributed by atoms with E-state index in [-0.39, 0.29) is 11.3 Å². The molecule has 0 aliphatic carbocycles. The summed E-state index contributed by atoms with van der Waals surface area (Å²) < 4.78 is 5.16. The first-order chi connectivity index (χ1) is 6.66. The van der Waals surface area contributed by atoms with Gasteiger partial charge in [0.2, 0.25) is 5.91 Å². The Balaban J connectivity index is 2.46. The number of hydrogen-bond acceptors (Lipinski definition) is 2. The molecular weight excluding hydrogens is 178 g/mol. The van der Waals surface area contributed by atoms with Crippen molar-refractivity contribution in [2.75, 3.05) is 26.8 Å². The van der Waals surface area contributed by atoms with E-state index in [9.17, 15) is 4.79 Å². The average Bonchev–Trinajstić information content (AvgIpc) is 2.13. The second-order valence-electron chi connectivity index (χ2n) is 4.21. The summed E-state index contributed by atoms with van der Waals surface area (Å²) in [5, 5.41) is 0. The molecule has 3 heteroatoms. The molecule has 1 aliphatic rings. The summed E-state index contributed by atoms with van der Waals surface area (Å²) in [5.41, 5.74) is -0.192. The highest BCUT2D eigenvalue weighted by atomic mass is 16.5. The van der Waals surface area contributed by atoms with Crippen molar-refractivity contribution < 1.29 is 9.53 Å². The number of nitrogens with zero attached hydrogens (tertiary/aromatic N) is 1. The van der Waals surface area contributed by atoms with Gasteiger partial charge in [-0.15, -0.1) is 0 Å². The maximum atomic E-state index is 12.0. The van der Waals surface area contributed by atoms with Crippen molar-refractivity contribution >= 4 is 5.91 Å². The van der Waals surface area contributed by atoms with E-state index in [0.29, 0.717) is 13.2 Å². The first-order valence-corrected chi connectivity index (χ1v) is 5.49. The molecule has 14 heavy (non-hydrogen) atoms. The van der Waals surface area contributed by atoms with Gasteiger partial charge in [-0.25, -0.2) is 0 Å². The second-order valence-corrected chi connectivity index (χ2v) is 4.21. The SMILES string of the molecule is CCCCN(C)C(=O)C1(CC)COC1. The molecule has 82 valence electrons. The number of carbonyl (C=O) groups excluding carboxylic acids is 1. The minimum absolute atomic E-state index is 0.192. The molecule has 1 rings (SSSR count). The van der Waals surface area contributed by atoms with Crippen molar-refractivity contribution in [3.05, 3.63) is 0 Å². The van der Waals surface area contributed by atoms with Crippen LogP contribution < -0.4 is 0 Å². The van der Waals surface area contributed by atoms with Crippen LogP contribution in [0.25, 0.3) is 0 Å². The summed E-state index contributed by atoms with van der Waals surface area (Å²) in [7, 11) is 1.90. The fraction of sp³-hybridized carbons (Fsp3) is 0.909. The second kappa shape index (κ2) is 4.78. The van der Waals surface area contributed by atoms with E-state index in [0.717, 1.165) is 25.8 Å². The molecule has 1 amide bonds. The van der Waals surface area contributed by atoms with Gasteiger partial charge in [-0.1, -0.05) is 20.3 Å². The average molecular weight is 199 g/mol. The highest BCUT2D eigenvalue weighted by Crippen LogP contribution is 2.33. The van der Waals surface area contributed by atoms with Gasteiger partial charge < -0.3 is 9.64 Å². The molecule has 0 aromatic carbocycles. The largest absolute Gasteiger partial charge is 0.379 e. The van der Waals surface area contributed by atoms with Crippen LogP contribution in [0, 0.1) is 5.41 Å². The lowest BCUT2D eigenvalue weighted by Crippen LogP contribution is -2.54. The molecule has 1 fully saturated rings. The topological polar surface area (TPSA) is 29.5 Å². The van der Waals surface area contributed by atoms with E-state index in [2.05, 4.69) is 13.8 Å². The highest BCUT2D eigenvalue weighted by Gasteiger charge is 2.45. The summed E-state index contributed by atoms with van der Waals surface area (Å²) in [4.78, 5) is 13.9. The van der Waals surface area contributed by atoms with Crippen molar-refractivity contribution in [2.45, 2.75) is 33.1 Å². The van der Waals surface area contributed by atoms with Gasteiger partial charge in [0.1, 0.15) is 0 Å². The fourth-order valence-corrected chi connectivity index (χ4v) is 1.73. The van der Waals surface area contributed by atoms with Crippen LogP contribution in [-0.2, 0) is 9.53 Å². The molecular formula is C11H21NO2. The lowest BCUT2D eigenvalue weighted by atomic mass is 9.81. The number of hydrogen-bond donors (Lipinski definition) is 0. The standard InChI is InChI=1S/C11H21NO2/c1-4-6-7-12(3)10(13)11(5-2)8-14-9-11/h4-9H2,1-3H3. The van der Waals surface area contributed by atoms with E-state index >= 15 is 0 Å². The van der Waals surface area contributed by atoms with Crippen LogP contribution in [0.4, 0.5) is 0 Å². The molecule has 0 aromatic heterocycles. The Morgan fingerprint density at radius 2 is 2.07 bits per heavy atom. The minimum atomic E-state index is -0.192. The molecule has 0 aromatic rings. The maximum Gasteiger partial charge on any atom is 0.233 e. The quantitative estimate of drug-likeness (QED) is 0.674. The molecule has 0 bridgehead atoms. The molecule has 0 spiro atoms. The first kappa shape index (κ1) is 11.5. The zero-order valence-electron chi connectivity index (χ0n) is 9.51. The monoisotopic (exact) mass is 199 g/mol. The zero-order chi connectivity index (χ0) is 10.6. The van der Waals surface area contributed by atoms with E-state index < -0.39 is 0 Å². The van der Waals surface area contributed by atoms with Crippen molar-refractivity contribution in [3.63, 3.8) is 0 Å². The minimum Gasteiger partial charge on any atom is -0.379 e. The third-order valence-electron chi connectivity index (χ3n) is 3.08. The Bertz CT molecular complexity index is 194. The zero-order valence-corrected chi connectivity index (χ0v) is 9.51. The predicted molar refractivity (Wildman–Crippen MR) is 56.1 cm³/mol. The van der Waals surface area contributed by atoms with Crippen LogP contribution in [0.3, 0.4) is 0 Å². The van der Waals surface area contributed by atoms with E-state index in [1.807, 2.05) is 11.9 Å². The third-order valence-corrected chi connectivity index (χ3v) is 3.08. The van der Waals surface area contributed by atoms with Crippen molar-refractivity contribution in [1.82, 2.24) is 4.90 Å². The van der Waals surface area contributed by atoms with Crippen LogP contribution in [0.2, 0.25) is 0 Å². The Kier molecular flexibility index (Phi) is 3.93. The van der Waals surface area contributed by atoms with Gasteiger partial charge in [0.15, 0.2) is 0 Å². The number of carbonyl (C=O) groups is 1. The molecule has 1 heterocycles. The van der Waals surface area contributed by atoms with Crippen molar-refractivity contribution in [2.24, 2.45) is 5.41 Å². The Morgan fingerprint density at radius 1 is 1.43 bits per heavy atom. The number of ether oxygens (including phenoxy) is 1. The van der Waals surface area contributed by atoms with Gasteiger partial charge in [-0.3, -0.25) is 4.79 Å². The number of unbranched alkanes of at least 4 members (excludes halogenated alkanes) is 1. The van der Waals surface area contributed by atoms with Crippen molar-refractivity contribution in [3.8, 4) is 0 Å². The summed E-state index contributed by atoms with van der Waals surface area (Å²) in [6.45, 7) is 6.29. The maximum absolute atomic E-state index is 12.0. The predicted octanol–water partition coefficient (Wildman–Crippen LogP) is 1.67. The van der Waals surface area contributed by atoms with Gasteiger partial charge >= 0.3 is 0 Å². The molecule has 1 saturated heterocycles. The van der Waals surface area contributed by atoms with Gasteiger partial charge in [-0.05, 0) is 12.8 Å². The van der Waals surface area contributed by atoms with Crippen LogP contribution >= 0.6 is 0 Å². The van der Waals surface area contributed by atoms with E-state index in [1.54, 1.807) is 0 Å². The van der Waals surface area contributed by atoms with Crippen molar-refractivity contribution in [1.29, 1.82) is 0 Å². The molecule has 1 aliphatic heterocycles. The van der Waals surface area contributed by atoms with E-state index in [1.165, 1.54) is 0 Å². The molecule has 0 saturated carbocycles. The first-order valence-electron chi connectivity index (χ1n) is 5.49. The van der Waals surface area contributed by atoms with Crippen LogP contribution in [0.15, 0.2) is 0 Å². The smallest absolute Gasteiger partial charge is 0.233 e. The fourth-order valence-electron chi connectivity index (χ4n) is 1.73. The highest BCUT2D eigenvalue weighted by molar-refractivity contribution is 5.83. The van der Waals surface area contributed by atoms with Crippen LogP contribution in [-0.4, -0.2) is 37.6 Å². The molecule has 0 radical (unpaired) electrons. The summed E-state index contributed by atoms with van der Waals surface area (Å²) in [6.07, 6.45) is 3.11. The van der Waals surface area contributed by atoms with Gasteiger partial charge in [0.25, 0.3) is 0 Å². The molecule has 0 unspecified atom stereocenters. The Morgan fingerprint density at radius 3 is 2.43 bits per heavy atom. The molecule has 0 atom stereocenters. The molecule has 0 N–H and O–H groups in total. The number of rotatable bonds is 5. The van der Waals surface area contributed by atoms with E-state index in [4.69, 9.17) is 4.74 Å². The van der Waals surface area contributed by atoms with Crippen LogP contribution in [0.5, 0.6) is 0 Å². The normalized spacial score (nSPS) is 18.8. The van der Waals surface area contributed by atoms with Gasteiger partial charge in [0, 0.05) is 13.6 Å². The van der Waals surface area contributed by atoms with Gasteiger partial charge in [0.05, 0.1) is 18.6 Å². The number of amides is 1. The Hall–Kier alpha value is -0.570.